The van der Waals surface area contributed by atoms with Crippen LogP contribution in [0.2, 0.25) is 0 Å². The number of nitrogens with zero attached hydrogens (tertiary/aromatic N) is 1. The monoisotopic (exact) mass is 201 g/mol. The van der Waals surface area contributed by atoms with E-state index in [9.17, 15) is 0 Å². The summed E-state index contributed by atoms with van der Waals surface area (Å²) < 4.78 is 0. The molecule has 0 aromatic heterocycles. The Morgan fingerprint density at radius 3 is 2.92 bits per heavy atom. The quantitative estimate of drug-likeness (QED) is 0.669. The van der Waals surface area contributed by atoms with E-state index in [1.54, 1.807) is 0 Å². The largest absolute Gasteiger partial charge is 0.303 e. The average molecular weight is 201 g/mol. The number of hydrogen-bond acceptors (Lipinski definition) is 2. The van der Waals surface area contributed by atoms with Gasteiger partial charge in [-0.3, -0.25) is 0 Å². The topological polar surface area (TPSA) is 3.24 Å². The first kappa shape index (κ1) is 11.4. The van der Waals surface area contributed by atoms with Gasteiger partial charge in [0.05, 0.1) is 0 Å². The molecule has 0 aromatic carbocycles. The molecule has 78 valence electrons. The Hall–Kier alpha value is 0.310. The molecule has 1 aliphatic rings. The highest BCUT2D eigenvalue weighted by atomic mass is 32.1. The first-order valence-corrected chi connectivity index (χ1v) is 6.22. The second-order valence-electron chi connectivity index (χ2n) is 4.49. The smallest absolute Gasteiger partial charge is 0.00149 e. The van der Waals surface area contributed by atoms with E-state index in [-0.39, 0.29) is 0 Å². The number of hydrogen-bond donors (Lipinski definition) is 1. The second kappa shape index (κ2) is 5.92. The van der Waals surface area contributed by atoms with E-state index in [2.05, 4.69) is 31.4 Å². The summed E-state index contributed by atoms with van der Waals surface area (Å²) in [7, 11) is 0. The van der Waals surface area contributed by atoms with Gasteiger partial charge in [-0.05, 0) is 37.0 Å². The predicted octanol–water partition coefficient (Wildman–Crippen LogP) is 2.67. The number of likely N-dealkylation sites (tertiary alicyclic amines) is 1. The van der Waals surface area contributed by atoms with E-state index in [0.29, 0.717) is 0 Å². The molecular formula is C11H23NS. The molecule has 2 heteroatoms. The van der Waals surface area contributed by atoms with Crippen molar-refractivity contribution in [2.24, 2.45) is 11.8 Å². The Bertz CT molecular complexity index is 138. The van der Waals surface area contributed by atoms with Crippen LogP contribution in [0.4, 0.5) is 0 Å². The van der Waals surface area contributed by atoms with Gasteiger partial charge in [-0.15, -0.1) is 0 Å². The Morgan fingerprint density at radius 2 is 2.31 bits per heavy atom. The van der Waals surface area contributed by atoms with Crippen molar-refractivity contribution in [2.45, 2.75) is 33.1 Å². The molecule has 1 saturated heterocycles. The maximum atomic E-state index is 4.33. The molecular weight excluding hydrogens is 178 g/mol. The molecule has 0 aromatic rings. The zero-order valence-electron chi connectivity index (χ0n) is 9.00. The van der Waals surface area contributed by atoms with Crippen molar-refractivity contribution in [2.75, 3.05) is 25.4 Å². The van der Waals surface area contributed by atoms with Crippen molar-refractivity contribution in [3.05, 3.63) is 0 Å². The fourth-order valence-corrected chi connectivity index (χ4v) is 2.34. The van der Waals surface area contributed by atoms with Gasteiger partial charge >= 0.3 is 0 Å². The summed E-state index contributed by atoms with van der Waals surface area (Å²) in [6.07, 6.45) is 4.19. The Labute approximate surface area is 88.3 Å². The first-order valence-electron chi connectivity index (χ1n) is 5.59. The van der Waals surface area contributed by atoms with Crippen LogP contribution >= 0.6 is 12.6 Å². The lowest BCUT2D eigenvalue weighted by Crippen LogP contribution is -2.27. The molecule has 0 bridgehead atoms. The van der Waals surface area contributed by atoms with Gasteiger partial charge in [0.2, 0.25) is 0 Å². The standard InChI is InChI=1S/C11H23NS/c1-3-4-11-5-6-12(8-11)7-10(2)9-13/h10-11,13H,3-9H2,1-2H3. The molecule has 0 N–H and O–H groups in total. The van der Waals surface area contributed by atoms with E-state index < -0.39 is 0 Å². The number of thiol groups is 1. The van der Waals surface area contributed by atoms with Gasteiger partial charge in [0.1, 0.15) is 0 Å². The first-order chi connectivity index (χ1) is 6.26. The van der Waals surface area contributed by atoms with Gasteiger partial charge in [-0.2, -0.15) is 12.6 Å². The maximum Gasteiger partial charge on any atom is 0.00149 e. The Morgan fingerprint density at radius 1 is 1.54 bits per heavy atom. The lowest BCUT2D eigenvalue weighted by Gasteiger charge is -2.19. The van der Waals surface area contributed by atoms with Crippen LogP contribution in [0.15, 0.2) is 0 Å². The van der Waals surface area contributed by atoms with Crippen molar-refractivity contribution in [3.63, 3.8) is 0 Å². The van der Waals surface area contributed by atoms with Gasteiger partial charge in [-0.25, -0.2) is 0 Å². The fraction of sp³-hybridized carbons (Fsp3) is 1.00. The predicted molar refractivity (Wildman–Crippen MR) is 62.5 cm³/mol. The van der Waals surface area contributed by atoms with Crippen molar-refractivity contribution in [3.8, 4) is 0 Å². The molecule has 1 aliphatic heterocycles. The molecule has 0 radical (unpaired) electrons. The van der Waals surface area contributed by atoms with Crippen molar-refractivity contribution in [1.29, 1.82) is 0 Å². The van der Waals surface area contributed by atoms with Crippen LogP contribution in [0, 0.1) is 11.8 Å². The molecule has 1 nitrogen and oxygen atoms in total. The molecule has 0 amide bonds. The van der Waals surface area contributed by atoms with Crippen LogP contribution in [0.1, 0.15) is 33.1 Å². The summed E-state index contributed by atoms with van der Waals surface area (Å²) in [6.45, 7) is 8.50. The van der Waals surface area contributed by atoms with Crippen molar-refractivity contribution >= 4 is 12.6 Å². The zero-order valence-corrected chi connectivity index (χ0v) is 9.89. The van der Waals surface area contributed by atoms with E-state index in [4.69, 9.17) is 0 Å². The summed E-state index contributed by atoms with van der Waals surface area (Å²) in [5.74, 6) is 2.76. The Balaban J connectivity index is 2.17. The van der Waals surface area contributed by atoms with Gasteiger partial charge < -0.3 is 4.90 Å². The van der Waals surface area contributed by atoms with E-state index in [1.165, 1.54) is 38.9 Å². The molecule has 1 rings (SSSR count). The maximum absolute atomic E-state index is 4.33. The third-order valence-corrected chi connectivity index (χ3v) is 3.57. The van der Waals surface area contributed by atoms with Gasteiger partial charge in [0, 0.05) is 13.1 Å². The molecule has 1 fully saturated rings. The summed E-state index contributed by atoms with van der Waals surface area (Å²) in [5, 5.41) is 0. The molecule has 1 heterocycles. The molecule has 2 atom stereocenters. The third-order valence-electron chi connectivity index (χ3n) is 2.95. The van der Waals surface area contributed by atoms with Gasteiger partial charge in [0.25, 0.3) is 0 Å². The van der Waals surface area contributed by atoms with Crippen LogP contribution in [-0.2, 0) is 0 Å². The van der Waals surface area contributed by atoms with Crippen LogP contribution in [0.25, 0.3) is 0 Å². The molecule has 2 unspecified atom stereocenters. The molecule has 0 spiro atoms. The fourth-order valence-electron chi connectivity index (χ4n) is 2.22. The van der Waals surface area contributed by atoms with Crippen LogP contribution < -0.4 is 0 Å². The van der Waals surface area contributed by atoms with Crippen LogP contribution in [0.5, 0.6) is 0 Å². The lowest BCUT2D eigenvalue weighted by atomic mass is 10.0. The summed E-state index contributed by atoms with van der Waals surface area (Å²) >= 11 is 4.33. The summed E-state index contributed by atoms with van der Waals surface area (Å²) in [4.78, 5) is 2.61. The Kier molecular flexibility index (Phi) is 5.18. The number of rotatable bonds is 5. The van der Waals surface area contributed by atoms with Crippen LogP contribution in [-0.4, -0.2) is 30.3 Å². The minimum atomic E-state index is 0.753. The minimum Gasteiger partial charge on any atom is -0.303 e. The highest BCUT2D eigenvalue weighted by Gasteiger charge is 2.22. The average Bonchev–Trinajstić information content (AvgIpc) is 2.53. The highest BCUT2D eigenvalue weighted by molar-refractivity contribution is 7.80. The lowest BCUT2D eigenvalue weighted by molar-refractivity contribution is 0.287. The second-order valence-corrected chi connectivity index (χ2v) is 4.86. The minimum absolute atomic E-state index is 0.753. The van der Waals surface area contributed by atoms with Gasteiger partial charge in [0.15, 0.2) is 0 Å². The highest BCUT2D eigenvalue weighted by Crippen LogP contribution is 2.21. The van der Waals surface area contributed by atoms with Gasteiger partial charge in [-0.1, -0.05) is 20.3 Å². The third kappa shape index (κ3) is 3.90. The summed E-state index contributed by atoms with van der Waals surface area (Å²) in [6, 6.07) is 0. The zero-order chi connectivity index (χ0) is 9.68. The SMILES string of the molecule is CCCC1CCN(CC(C)CS)C1. The van der Waals surface area contributed by atoms with E-state index in [0.717, 1.165) is 17.6 Å². The van der Waals surface area contributed by atoms with Crippen molar-refractivity contribution in [1.82, 2.24) is 4.90 Å². The van der Waals surface area contributed by atoms with Crippen LogP contribution in [0.3, 0.4) is 0 Å². The normalized spacial score (nSPS) is 26.5. The molecule has 13 heavy (non-hydrogen) atoms. The van der Waals surface area contributed by atoms with E-state index >= 15 is 0 Å². The molecule has 0 saturated carbocycles. The summed E-state index contributed by atoms with van der Waals surface area (Å²) in [5.41, 5.74) is 0. The van der Waals surface area contributed by atoms with Crippen molar-refractivity contribution < 1.29 is 0 Å². The molecule has 0 aliphatic carbocycles. The van der Waals surface area contributed by atoms with E-state index in [1.807, 2.05) is 0 Å².